The lowest BCUT2D eigenvalue weighted by Crippen LogP contribution is -2.43. The molecule has 0 bridgehead atoms. The lowest BCUT2D eigenvalue weighted by molar-refractivity contribution is -0.134. The second kappa shape index (κ2) is 9.19. The van der Waals surface area contributed by atoms with Crippen molar-refractivity contribution in [2.24, 2.45) is 11.0 Å². The van der Waals surface area contributed by atoms with Gasteiger partial charge in [0.05, 0.1) is 19.1 Å². The van der Waals surface area contributed by atoms with Crippen LogP contribution in [0, 0.1) is 12.8 Å². The summed E-state index contributed by atoms with van der Waals surface area (Å²) in [6.07, 6.45) is 5.26. The Hall–Kier alpha value is -3.45. The summed E-state index contributed by atoms with van der Waals surface area (Å²) in [6, 6.07) is 14.8. The summed E-state index contributed by atoms with van der Waals surface area (Å²) in [6.45, 7) is 3.70. The molecular formula is C26H27N3O4. The lowest BCUT2D eigenvalue weighted by Gasteiger charge is -2.32. The smallest absolute Gasteiger partial charge is 0.257 e. The molecule has 0 saturated carbocycles. The molecule has 1 fully saturated rings. The molecule has 2 aliphatic heterocycles. The van der Waals surface area contributed by atoms with E-state index in [0.29, 0.717) is 31.0 Å². The molecule has 7 heteroatoms. The van der Waals surface area contributed by atoms with E-state index in [-0.39, 0.29) is 30.2 Å². The predicted molar refractivity (Wildman–Crippen MR) is 123 cm³/mol. The van der Waals surface area contributed by atoms with Crippen LogP contribution in [0.4, 0.5) is 0 Å². The fourth-order valence-corrected chi connectivity index (χ4v) is 4.60. The molecule has 1 saturated heterocycles. The van der Waals surface area contributed by atoms with Crippen LogP contribution in [0.1, 0.15) is 52.7 Å². The van der Waals surface area contributed by atoms with Gasteiger partial charge in [-0.25, -0.2) is 5.01 Å². The molecule has 2 aromatic heterocycles. The molecule has 0 radical (unpaired) electrons. The molecule has 1 unspecified atom stereocenters. The van der Waals surface area contributed by atoms with Crippen LogP contribution in [0.2, 0.25) is 0 Å². The Kier molecular flexibility index (Phi) is 5.96. The van der Waals surface area contributed by atoms with E-state index in [9.17, 15) is 9.59 Å². The molecule has 1 aromatic carbocycles. The number of hydrogen-bond acceptors (Lipinski definition) is 6. The molecule has 1 atom stereocenters. The minimum Gasteiger partial charge on any atom is -0.467 e. The third-order valence-corrected chi connectivity index (χ3v) is 6.50. The van der Waals surface area contributed by atoms with Crippen molar-refractivity contribution in [3.05, 3.63) is 83.7 Å². The Morgan fingerprint density at radius 3 is 2.39 bits per heavy atom. The van der Waals surface area contributed by atoms with Gasteiger partial charge in [0, 0.05) is 17.9 Å². The molecule has 4 heterocycles. The summed E-state index contributed by atoms with van der Waals surface area (Å²) in [7, 11) is 0. The number of amides is 1. The van der Waals surface area contributed by atoms with Crippen LogP contribution in [0.25, 0.3) is 0 Å². The average molecular weight is 446 g/mol. The maximum Gasteiger partial charge on any atom is 0.257 e. The first-order valence-electron chi connectivity index (χ1n) is 11.4. The molecule has 1 amide bonds. The zero-order valence-corrected chi connectivity index (χ0v) is 18.6. The Morgan fingerprint density at radius 2 is 1.73 bits per heavy atom. The Morgan fingerprint density at radius 1 is 1.00 bits per heavy atom. The molecule has 0 spiro atoms. The standard InChI is InChI=1S/C26H27N3O4/c1-18-6-8-19(9-7-18)26(31)20-10-12-28(13-11-20)17-25(30)29-22(24-5-3-15-33-24)16-21(27-29)23-4-2-14-32-23/h2-9,14-15,20,22H,10-13,16-17H2,1H3. The van der Waals surface area contributed by atoms with E-state index >= 15 is 0 Å². The van der Waals surface area contributed by atoms with E-state index < -0.39 is 0 Å². The van der Waals surface area contributed by atoms with Gasteiger partial charge in [0.1, 0.15) is 23.3 Å². The number of hydrogen-bond donors (Lipinski definition) is 0. The first-order valence-corrected chi connectivity index (χ1v) is 11.4. The highest BCUT2D eigenvalue weighted by Gasteiger charge is 2.37. The van der Waals surface area contributed by atoms with Crippen LogP contribution in [0.5, 0.6) is 0 Å². The number of rotatable bonds is 6. The van der Waals surface area contributed by atoms with Crippen LogP contribution in [0.15, 0.2) is 75.0 Å². The minimum absolute atomic E-state index is 0.00490. The topological polar surface area (TPSA) is 79.3 Å². The zero-order chi connectivity index (χ0) is 22.8. The average Bonchev–Trinajstić information content (AvgIpc) is 3.61. The summed E-state index contributed by atoms with van der Waals surface area (Å²) in [4.78, 5) is 28.2. The van der Waals surface area contributed by atoms with E-state index in [0.717, 1.165) is 29.7 Å². The fourth-order valence-electron chi connectivity index (χ4n) is 4.60. The summed E-state index contributed by atoms with van der Waals surface area (Å²) in [5.74, 6) is 1.49. The molecule has 7 nitrogen and oxygen atoms in total. The molecule has 5 rings (SSSR count). The maximum atomic E-state index is 13.2. The largest absolute Gasteiger partial charge is 0.467 e. The van der Waals surface area contributed by atoms with Gasteiger partial charge in [-0.15, -0.1) is 0 Å². The summed E-state index contributed by atoms with van der Waals surface area (Å²) in [5.41, 5.74) is 2.65. The SMILES string of the molecule is Cc1ccc(C(=O)C2CCN(CC(=O)N3N=C(c4ccco4)CC3c3ccco3)CC2)cc1. The van der Waals surface area contributed by atoms with E-state index in [1.54, 1.807) is 12.5 Å². The van der Waals surface area contributed by atoms with Crippen LogP contribution < -0.4 is 0 Å². The lowest BCUT2D eigenvalue weighted by atomic mass is 9.88. The number of carbonyl (C=O) groups excluding carboxylic acids is 2. The highest BCUT2D eigenvalue weighted by Crippen LogP contribution is 2.33. The fraction of sp³-hybridized carbons (Fsp3) is 0.346. The predicted octanol–water partition coefficient (Wildman–Crippen LogP) is 4.45. The van der Waals surface area contributed by atoms with Crippen LogP contribution in [0.3, 0.4) is 0 Å². The van der Waals surface area contributed by atoms with E-state index in [1.807, 2.05) is 55.5 Å². The summed E-state index contributed by atoms with van der Waals surface area (Å²) < 4.78 is 11.1. The van der Waals surface area contributed by atoms with Gasteiger partial charge in [0.2, 0.25) is 0 Å². The monoisotopic (exact) mass is 445 g/mol. The van der Waals surface area contributed by atoms with Crippen molar-refractivity contribution in [2.45, 2.75) is 32.2 Å². The molecular weight excluding hydrogens is 418 g/mol. The summed E-state index contributed by atoms with van der Waals surface area (Å²) in [5, 5.41) is 6.12. The van der Waals surface area contributed by atoms with Crippen molar-refractivity contribution in [3.63, 3.8) is 0 Å². The van der Waals surface area contributed by atoms with Crippen molar-refractivity contribution in [1.29, 1.82) is 0 Å². The zero-order valence-electron chi connectivity index (χ0n) is 18.6. The van der Waals surface area contributed by atoms with Gasteiger partial charge in [-0.3, -0.25) is 14.5 Å². The van der Waals surface area contributed by atoms with Gasteiger partial charge in [-0.2, -0.15) is 5.10 Å². The Labute approximate surface area is 192 Å². The number of hydrazone groups is 1. The highest BCUT2D eigenvalue weighted by molar-refractivity contribution is 6.01. The van der Waals surface area contributed by atoms with Crippen molar-refractivity contribution in [3.8, 4) is 0 Å². The molecule has 2 aliphatic rings. The maximum absolute atomic E-state index is 13.2. The molecule has 33 heavy (non-hydrogen) atoms. The van der Waals surface area contributed by atoms with Gasteiger partial charge < -0.3 is 8.83 Å². The number of Topliss-reactive ketones (excluding diaryl/α,β-unsaturated/α-hetero) is 1. The number of carbonyl (C=O) groups is 2. The quantitative estimate of drug-likeness (QED) is 0.524. The Bertz CT molecular complexity index is 1120. The summed E-state index contributed by atoms with van der Waals surface area (Å²) >= 11 is 0. The Balaban J connectivity index is 1.22. The molecule has 0 aliphatic carbocycles. The number of nitrogens with zero attached hydrogens (tertiary/aromatic N) is 3. The second-order valence-electron chi connectivity index (χ2n) is 8.78. The van der Waals surface area contributed by atoms with Crippen molar-refractivity contribution < 1.29 is 18.4 Å². The van der Waals surface area contributed by atoms with Crippen LogP contribution >= 0.6 is 0 Å². The highest BCUT2D eigenvalue weighted by atomic mass is 16.3. The van der Waals surface area contributed by atoms with E-state index in [4.69, 9.17) is 8.83 Å². The van der Waals surface area contributed by atoms with E-state index in [1.165, 1.54) is 5.01 Å². The first-order chi connectivity index (χ1) is 16.1. The second-order valence-corrected chi connectivity index (χ2v) is 8.78. The van der Waals surface area contributed by atoms with Gasteiger partial charge >= 0.3 is 0 Å². The number of benzene rings is 1. The number of piperidine rings is 1. The van der Waals surface area contributed by atoms with Crippen LogP contribution in [-0.2, 0) is 4.79 Å². The number of ketones is 1. The molecule has 3 aromatic rings. The first kappa shape index (κ1) is 21.4. The molecule has 170 valence electrons. The minimum atomic E-state index is -0.284. The third-order valence-electron chi connectivity index (χ3n) is 6.50. The van der Waals surface area contributed by atoms with Crippen molar-refractivity contribution >= 4 is 17.4 Å². The normalized spacial score (nSPS) is 19.6. The van der Waals surface area contributed by atoms with Gasteiger partial charge in [-0.05, 0) is 57.1 Å². The van der Waals surface area contributed by atoms with Crippen molar-refractivity contribution in [2.75, 3.05) is 19.6 Å². The van der Waals surface area contributed by atoms with Gasteiger partial charge in [0.15, 0.2) is 5.78 Å². The molecule has 0 N–H and O–H groups in total. The number of furan rings is 2. The third kappa shape index (κ3) is 4.54. The number of likely N-dealkylation sites (tertiary alicyclic amines) is 1. The van der Waals surface area contributed by atoms with E-state index in [2.05, 4.69) is 10.0 Å². The van der Waals surface area contributed by atoms with Crippen LogP contribution in [-0.4, -0.2) is 46.9 Å². The van der Waals surface area contributed by atoms with Crippen molar-refractivity contribution in [1.82, 2.24) is 9.91 Å². The number of aryl methyl sites for hydroxylation is 1. The van der Waals surface area contributed by atoms with Gasteiger partial charge in [-0.1, -0.05) is 29.8 Å². The van der Waals surface area contributed by atoms with Gasteiger partial charge in [0.25, 0.3) is 5.91 Å².